The predicted molar refractivity (Wildman–Crippen MR) is 125 cm³/mol. The van der Waals surface area contributed by atoms with Gasteiger partial charge in [-0.05, 0) is 44.4 Å². The van der Waals surface area contributed by atoms with Crippen molar-refractivity contribution in [1.29, 1.82) is 0 Å². The lowest BCUT2D eigenvalue weighted by Crippen LogP contribution is -2.52. The molecule has 0 aromatic heterocycles. The zero-order valence-corrected chi connectivity index (χ0v) is 19.9. The number of carbonyl (C=O) groups is 1. The highest BCUT2D eigenvalue weighted by molar-refractivity contribution is 5.81. The fourth-order valence-electron chi connectivity index (χ4n) is 5.43. The van der Waals surface area contributed by atoms with Gasteiger partial charge in [0.1, 0.15) is 11.6 Å². The second-order valence-electron chi connectivity index (χ2n) is 10.7. The summed E-state index contributed by atoms with van der Waals surface area (Å²) < 4.78 is 28.3. The summed E-state index contributed by atoms with van der Waals surface area (Å²) in [6.07, 6.45) is 0.454. The molecule has 6 heteroatoms. The maximum Gasteiger partial charge on any atom is 0.227 e. The summed E-state index contributed by atoms with van der Waals surface area (Å²) in [5.41, 5.74) is 0.114. The molecule has 0 spiro atoms. The number of piperidine rings is 1. The van der Waals surface area contributed by atoms with Gasteiger partial charge in [-0.1, -0.05) is 43.3 Å². The molecule has 2 aliphatic rings. The first-order chi connectivity index (χ1) is 15.5. The minimum absolute atomic E-state index is 0.0163. The average Bonchev–Trinajstić information content (AvgIpc) is 3.21. The summed E-state index contributed by atoms with van der Waals surface area (Å²) in [4.78, 5) is 17.8. The third-order valence-electron chi connectivity index (χ3n) is 7.61. The topological polar surface area (TPSA) is 43.8 Å². The van der Waals surface area contributed by atoms with Gasteiger partial charge in [0.2, 0.25) is 5.91 Å². The monoisotopic (exact) mass is 456 g/mol. The summed E-state index contributed by atoms with van der Waals surface area (Å²) in [7, 11) is 0. The first-order valence-electron chi connectivity index (χ1n) is 11.8. The van der Waals surface area contributed by atoms with Crippen molar-refractivity contribution in [3.05, 3.63) is 71.3 Å². The summed E-state index contributed by atoms with van der Waals surface area (Å²) >= 11 is 0. The van der Waals surface area contributed by atoms with Crippen LogP contribution in [0.3, 0.4) is 0 Å². The fraction of sp³-hybridized carbons (Fsp3) is 0.519. The van der Waals surface area contributed by atoms with E-state index < -0.39 is 23.2 Å². The van der Waals surface area contributed by atoms with Crippen molar-refractivity contribution in [3.8, 4) is 0 Å². The summed E-state index contributed by atoms with van der Waals surface area (Å²) in [5, 5.41) is 11.4. The number of halogens is 2. The van der Waals surface area contributed by atoms with Crippen molar-refractivity contribution >= 4 is 5.91 Å². The van der Waals surface area contributed by atoms with Crippen LogP contribution in [-0.4, -0.2) is 52.5 Å². The van der Waals surface area contributed by atoms with Gasteiger partial charge in [-0.25, -0.2) is 8.78 Å². The van der Waals surface area contributed by atoms with E-state index in [0.29, 0.717) is 38.2 Å². The molecule has 1 N–H and O–H groups in total. The maximum absolute atomic E-state index is 14.7. The Morgan fingerprint density at radius 1 is 1.06 bits per heavy atom. The minimum Gasteiger partial charge on any atom is -0.385 e. The fourth-order valence-corrected chi connectivity index (χ4v) is 5.43. The molecule has 0 bridgehead atoms. The van der Waals surface area contributed by atoms with E-state index in [1.54, 1.807) is 0 Å². The molecule has 0 saturated carbocycles. The Balaban J connectivity index is 1.57. The molecule has 2 aromatic carbocycles. The first-order valence-corrected chi connectivity index (χ1v) is 11.8. The second-order valence-corrected chi connectivity index (χ2v) is 10.7. The van der Waals surface area contributed by atoms with Crippen LogP contribution in [0.1, 0.15) is 51.2 Å². The SMILES string of the molecule is C[C@H]1CN(C(=O)[C@@H]2CN(C(C)(C)C)C[C@H]2c2ccc(F)cc2F)CC[C@]1(O)c1ccccc1. The van der Waals surface area contributed by atoms with Crippen LogP contribution in [0.4, 0.5) is 8.78 Å². The first kappa shape index (κ1) is 23.8. The van der Waals surface area contributed by atoms with E-state index in [4.69, 9.17) is 0 Å². The van der Waals surface area contributed by atoms with Crippen LogP contribution in [0.2, 0.25) is 0 Å². The highest BCUT2D eigenvalue weighted by Gasteiger charge is 2.47. The molecule has 2 aromatic rings. The van der Waals surface area contributed by atoms with E-state index in [2.05, 4.69) is 25.7 Å². The number of benzene rings is 2. The number of nitrogens with zero attached hydrogens (tertiary/aromatic N) is 2. The van der Waals surface area contributed by atoms with Crippen LogP contribution in [0.15, 0.2) is 48.5 Å². The normalized spacial score (nSPS) is 28.8. The number of aliphatic hydroxyl groups is 1. The van der Waals surface area contributed by atoms with Crippen LogP contribution in [0.5, 0.6) is 0 Å². The Hall–Kier alpha value is -2.31. The van der Waals surface area contributed by atoms with E-state index in [0.717, 1.165) is 11.6 Å². The van der Waals surface area contributed by atoms with Gasteiger partial charge >= 0.3 is 0 Å². The van der Waals surface area contributed by atoms with Crippen molar-refractivity contribution in [2.75, 3.05) is 26.2 Å². The van der Waals surface area contributed by atoms with Crippen LogP contribution in [0.25, 0.3) is 0 Å². The lowest BCUT2D eigenvalue weighted by atomic mass is 9.76. The Kier molecular flexibility index (Phi) is 6.36. The van der Waals surface area contributed by atoms with Crippen molar-refractivity contribution in [1.82, 2.24) is 9.80 Å². The molecule has 4 nitrogen and oxygen atoms in total. The molecule has 178 valence electrons. The van der Waals surface area contributed by atoms with Gasteiger partial charge in [-0.15, -0.1) is 0 Å². The molecular weight excluding hydrogens is 422 g/mol. The van der Waals surface area contributed by atoms with E-state index in [-0.39, 0.29) is 23.3 Å². The van der Waals surface area contributed by atoms with Gasteiger partial charge < -0.3 is 10.0 Å². The summed E-state index contributed by atoms with van der Waals surface area (Å²) in [5.74, 6) is -2.13. The van der Waals surface area contributed by atoms with Crippen LogP contribution < -0.4 is 0 Å². The molecule has 4 atom stereocenters. The molecular formula is C27H34F2N2O2. The second kappa shape index (κ2) is 8.80. The van der Waals surface area contributed by atoms with Gasteiger partial charge in [0.25, 0.3) is 0 Å². The molecule has 0 aliphatic carbocycles. The minimum atomic E-state index is -0.979. The van der Waals surface area contributed by atoms with Gasteiger partial charge in [0.05, 0.1) is 11.5 Å². The Bertz CT molecular complexity index is 1010. The molecule has 0 radical (unpaired) electrons. The van der Waals surface area contributed by atoms with Crippen molar-refractivity contribution in [2.24, 2.45) is 11.8 Å². The highest BCUT2D eigenvalue weighted by atomic mass is 19.1. The third kappa shape index (κ3) is 4.56. The standard InChI is InChI=1S/C27H34F2N2O2/c1-18-15-30(13-12-27(18,33)19-8-6-5-7-9-19)25(32)23-17-31(26(2,3)4)16-22(23)21-11-10-20(28)14-24(21)29/h5-11,14,18,22-23,33H,12-13,15-17H2,1-4H3/t18-,22-,23+,27+/m0/s1. The Labute approximate surface area is 195 Å². The van der Waals surface area contributed by atoms with Crippen LogP contribution >= 0.6 is 0 Å². The zero-order valence-electron chi connectivity index (χ0n) is 19.9. The molecule has 1 amide bonds. The number of rotatable bonds is 3. The third-order valence-corrected chi connectivity index (χ3v) is 7.61. The predicted octanol–water partition coefficient (Wildman–Crippen LogP) is 4.53. The Morgan fingerprint density at radius 3 is 2.36 bits per heavy atom. The van der Waals surface area contributed by atoms with Crippen molar-refractivity contribution < 1.29 is 18.7 Å². The molecule has 2 fully saturated rings. The van der Waals surface area contributed by atoms with Crippen LogP contribution in [-0.2, 0) is 10.4 Å². The van der Waals surface area contributed by atoms with Crippen molar-refractivity contribution in [2.45, 2.75) is 51.2 Å². The number of carbonyl (C=O) groups excluding carboxylic acids is 1. The summed E-state index contributed by atoms with van der Waals surface area (Å²) in [6.45, 7) is 10.2. The van der Waals surface area contributed by atoms with E-state index >= 15 is 0 Å². The molecule has 4 rings (SSSR count). The number of hydrogen-bond donors (Lipinski definition) is 1. The number of hydrogen-bond acceptors (Lipinski definition) is 3. The van der Waals surface area contributed by atoms with Crippen LogP contribution in [0, 0.1) is 23.5 Å². The molecule has 2 aliphatic heterocycles. The summed E-state index contributed by atoms with van der Waals surface area (Å²) in [6, 6.07) is 13.3. The number of amides is 1. The van der Waals surface area contributed by atoms with Gasteiger partial charge in [-0.3, -0.25) is 9.69 Å². The van der Waals surface area contributed by atoms with E-state index in [1.807, 2.05) is 42.2 Å². The zero-order chi connectivity index (χ0) is 24.0. The maximum atomic E-state index is 14.7. The van der Waals surface area contributed by atoms with Gasteiger partial charge in [0, 0.05) is 49.6 Å². The number of likely N-dealkylation sites (tertiary alicyclic amines) is 2. The van der Waals surface area contributed by atoms with Gasteiger partial charge in [-0.2, -0.15) is 0 Å². The van der Waals surface area contributed by atoms with E-state index in [1.165, 1.54) is 12.1 Å². The van der Waals surface area contributed by atoms with Gasteiger partial charge in [0.15, 0.2) is 0 Å². The molecule has 2 heterocycles. The quantitative estimate of drug-likeness (QED) is 0.738. The largest absolute Gasteiger partial charge is 0.385 e. The molecule has 33 heavy (non-hydrogen) atoms. The lowest BCUT2D eigenvalue weighted by molar-refractivity contribution is -0.144. The molecule has 0 unspecified atom stereocenters. The highest BCUT2D eigenvalue weighted by Crippen LogP contribution is 2.41. The smallest absolute Gasteiger partial charge is 0.227 e. The lowest BCUT2D eigenvalue weighted by Gasteiger charge is -2.44. The van der Waals surface area contributed by atoms with Crippen molar-refractivity contribution in [3.63, 3.8) is 0 Å². The average molecular weight is 457 g/mol. The molecule has 2 saturated heterocycles. The Morgan fingerprint density at radius 2 is 1.76 bits per heavy atom. The van der Waals surface area contributed by atoms with E-state index in [9.17, 15) is 18.7 Å².